The summed E-state index contributed by atoms with van der Waals surface area (Å²) in [4.78, 5) is 11.2. The Hall–Kier alpha value is -1.16. The standard InChI is InChI=1S/C13H22N4/c1-13(2,3)15-10-11-6-7-14-12(16-11)17-8-4-5-9-17/h6-7,15H,4-5,8-10H2,1-3H3. The normalized spacial score (nSPS) is 16.5. The molecule has 0 aromatic carbocycles. The zero-order valence-electron chi connectivity index (χ0n) is 11.0. The lowest BCUT2D eigenvalue weighted by Gasteiger charge is -2.21. The van der Waals surface area contributed by atoms with E-state index in [1.54, 1.807) is 0 Å². The average Bonchev–Trinajstić information content (AvgIpc) is 2.79. The van der Waals surface area contributed by atoms with Crippen LogP contribution in [0, 0.1) is 0 Å². The number of nitrogens with one attached hydrogen (secondary N) is 1. The molecule has 0 amide bonds. The molecule has 94 valence electrons. The molecule has 2 rings (SSSR count). The molecule has 4 nitrogen and oxygen atoms in total. The van der Waals surface area contributed by atoms with Gasteiger partial charge in [0, 0.05) is 31.4 Å². The third-order valence-corrected chi connectivity index (χ3v) is 2.89. The van der Waals surface area contributed by atoms with E-state index in [9.17, 15) is 0 Å². The first-order valence-electron chi connectivity index (χ1n) is 6.36. The van der Waals surface area contributed by atoms with E-state index in [0.717, 1.165) is 31.3 Å². The van der Waals surface area contributed by atoms with E-state index < -0.39 is 0 Å². The Labute approximate surface area is 103 Å². The summed E-state index contributed by atoms with van der Waals surface area (Å²) >= 11 is 0. The summed E-state index contributed by atoms with van der Waals surface area (Å²) in [5.41, 5.74) is 1.19. The molecule has 0 saturated carbocycles. The van der Waals surface area contributed by atoms with E-state index in [0.29, 0.717) is 0 Å². The molecule has 1 aliphatic rings. The third-order valence-electron chi connectivity index (χ3n) is 2.89. The first kappa shape index (κ1) is 12.3. The highest BCUT2D eigenvalue weighted by Crippen LogP contribution is 2.15. The monoisotopic (exact) mass is 234 g/mol. The summed E-state index contributed by atoms with van der Waals surface area (Å²) in [6, 6.07) is 1.98. The third kappa shape index (κ3) is 3.66. The van der Waals surface area contributed by atoms with Crippen LogP contribution in [-0.4, -0.2) is 28.6 Å². The van der Waals surface area contributed by atoms with Crippen LogP contribution in [0.15, 0.2) is 12.3 Å². The first-order valence-corrected chi connectivity index (χ1v) is 6.36. The quantitative estimate of drug-likeness (QED) is 0.868. The van der Waals surface area contributed by atoms with Crippen LogP contribution in [0.25, 0.3) is 0 Å². The fourth-order valence-corrected chi connectivity index (χ4v) is 1.91. The molecular formula is C13H22N4. The number of rotatable bonds is 3. The second kappa shape index (κ2) is 5.00. The Kier molecular flexibility index (Phi) is 3.62. The Morgan fingerprint density at radius 3 is 2.65 bits per heavy atom. The molecule has 2 heterocycles. The Morgan fingerprint density at radius 1 is 1.29 bits per heavy atom. The van der Waals surface area contributed by atoms with Gasteiger partial charge in [-0.2, -0.15) is 0 Å². The molecule has 0 unspecified atom stereocenters. The van der Waals surface area contributed by atoms with Crippen molar-refractivity contribution in [1.82, 2.24) is 15.3 Å². The smallest absolute Gasteiger partial charge is 0.225 e. The van der Waals surface area contributed by atoms with Gasteiger partial charge in [-0.05, 0) is 39.7 Å². The molecule has 1 saturated heterocycles. The molecule has 17 heavy (non-hydrogen) atoms. The predicted molar refractivity (Wildman–Crippen MR) is 70.1 cm³/mol. The molecular weight excluding hydrogens is 212 g/mol. The highest BCUT2D eigenvalue weighted by atomic mass is 15.3. The summed E-state index contributed by atoms with van der Waals surface area (Å²) in [5, 5.41) is 3.45. The van der Waals surface area contributed by atoms with E-state index >= 15 is 0 Å². The highest BCUT2D eigenvalue weighted by molar-refractivity contribution is 5.31. The van der Waals surface area contributed by atoms with E-state index in [4.69, 9.17) is 0 Å². The van der Waals surface area contributed by atoms with Gasteiger partial charge in [-0.25, -0.2) is 9.97 Å². The SMILES string of the molecule is CC(C)(C)NCc1ccnc(N2CCCC2)n1. The molecule has 4 heteroatoms. The van der Waals surface area contributed by atoms with Crippen LogP contribution in [0.4, 0.5) is 5.95 Å². The molecule has 0 radical (unpaired) electrons. The second-order valence-electron chi connectivity index (χ2n) is 5.65. The lowest BCUT2D eigenvalue weighted by atomic mass is 10.1. The van der Waals surface area contributed by atoms with Crippen molar-refractivity contribution in [2.75, 3.05) is 18.0 Å². The number of aromatic nitrogens is 2. The van der Waals surface area contributed by atoms with Crippen molar-refractivity contribution < 1.29 is 0 Å². The molecule has 1 aromatic rings. The summed E-state index contributed by atoms with van der Waals surface area (Å²) in [7, 11) is 0. The summed E-state index contributed by atoms with van der Waals surface area (Å²) in [6.45, 7) is 9.47. The highest BCUT2D eigenvalue weighted by Gasteiger charge is 2.15. The fourth-order valence-electron chi connectivity index (χ4n) is 1.91. The van der Waals surface area contributed by atoms with Gasteiger partial charge < -0.3 is 10.2 Å². The van der Waals surface area contributed by atoms with Gasteiger partial charge in [-0.3, -0.25) is 0 Å². The number of anilines is 1. The van der Waals surface area contributed by atoms with Crippen LogP contribution >= 0.6 is 0 Å². The summed E-state index contributed by atoms with van der Waals surface area (Å²) in [6.07, 6.45) is 4.38. The van der Waals surface area contributed by atoms with Gasteiger partial charge in [0.15, 0.2) is 0 Å². The fraction of sp³-hybridized carbons (Fsp3) is 0.692. The van der Waals surface area contributed by atoms with Crippen molar-refractivity contribution in [3.05, 3.63) is 18.0 Å². The van der Waals surface area contributed by atoms with Crippen molar-refractivity contribution >= 4 is 5.95 Å². The van der Waals surface area contributed by atoms with Crippen LogP contribution in [-0.2, 0) is 6.54 Å². The van der Waals surface area contributed by atoms with Crippen LogP contribution in [0.1, 0.15) is 39.3 Å². The van der Waals surface area contributed by atoms with Crippen molar-refractivity contribution in [2.24, 2.45) is 0 Å². The number of hydrogen-bond donors (Lipinski definition) is 1. The van der Waals surface area contributed by atoms with Crippen molar-refractivity contribution in [3.8, 4) is 0 Å². The van der Waals surface area contributed by atoms with Crippen LogP contribution in [0.3, 0.4) is 0 Å². The van der Waals surface area contributed by atoms with E-state index in [2.05, 4.69) is 41.0 Å². The van der Waals surface area contributed by atoms with Crippen LogP contribution < -0.4 is 10.2 Å². The minimum atomic E-state index is 0.124. The largest absolute Gasteiger partial charge is 0.341 e. The molecule has 1 aromatic heterocycles. The van der Waals surface area contributed by atoms with Gasteiger partial charge in [-0.15, -0.1) is 0 Å². The van der Waals surface area contributed by atoms with Gasteiger partial charge in [-0.1, -0.05) is 0 Å². The zero-order valence-corrected chi connectivity index (χ0v) is 11.0. The predicted octanol–water partition coefficient (Wildman–Crippen LogP) is 1.96. The Bertz CT molecular complexity index is 364. The zero-order chi connectivity index (χ0) is 12.3. The molecule has 1 N–H and O–H groups in total. The minimum absolute atomic E-state index is 0.124. The molecule has 0 atom stereocenters. The van der Waals surface area contributed by atoms with E-state index in [-0.39, 0.29) is 5.54 Å². The Balaban J connectivity index is 2.01. The summed E-state index contributed by atoms with van der Waals surface area (Å²) < 4.78 is 0. The van der Waals surface area contributed by atoms with Gasteiger partial charge in [0.2, 0.25) is 5.95 Å². The average molecular weight is 234 g/mol. The van der Waals surface area contributed by atoms with Crippen LogP contribution in [0.5, 0.6) is 0 Å². The van der Waals surface area contributed by atoms with E-state index in [1.807, 2.05) is 12.3 Å². The maximum atomic E-state index is 4.61. The molecule has 1 fully saturated rings. The van der Waals surface area contributed by atoms with Crippen molar-refractivity contribution in [2.45, 2.75) is 45.7 Å². The maximum absolute atomic E-state index is 4.61. The molecule has 0 bridgehead atoms. The maximum Gasteiger partial charge on any atom is 0.225 e. The molecule has 0 aliphatic carbocycles. The van der Waals surface area contributed by atoms with Crippen LogP contribution in [0.2, 0.25) is 0 Å². The number of nitrogens with zero attached hydrogens (tertiary/aromatic N) is 3. The Morgan fingerprint density at radius 2 is 2.00 bits per heavy atom. The molecule has 0 spiro atoms. The lowest BCUT2D eigenvalue weighted by Crippen LogP contribution is -2.35. The number of hydrogen-bond acceptors (Lipinski definition) is 4. The van der Waals surface area contributed by atoms with Gasteiger partial charge in [0.1, 0.15) is 0 Å². The molecule has 1 aliphatic heterocycles. The van der Waals surface area contributed by atoms with Gasteiger partial charge in [0.25, 0.3) is 0 Å². The first-order chi connectivity index (χ1) is 8.04. The topological polar surface area (TPSA) is 41.1 Å². The van der Waals surface area contributed by atoms with E-state index in [1.165, 1.54) is 12.8 Å². The summed E-state index contributed by atoms with van der Waals surface area (Å²) in [5.74, 6) is 0.885. The van der Waals surface area contributed by atoms with Gasteiger partial charge in [0.05, 0.1) is 5.69 Å². The minimum Gasteiger partial charge on any atom is -0.341 e. The van der Waals surface area contributed by atoms with Gasteiger partial charge >= 0.3 is 0 Å². The van der Waals surface area contributed by atoms with Crippen molar-refractivity contribution in [3.63, 3.8) is 0 Å². The van der Waals surface area contributed by atoms with Crippen molar-refractivity contribution in [1.29, 1.82) is 0 Å². The second-order valence-corrected chi connectivity index (χ2v) is 5.65. The lowest BCUT2D eigenvalue weighted by molar-refractivity contribution is 0.421.